The summed E-state index contributed by atoms with van der Waals surface area (Å²) in [6, 6.07) is 6.24. The van der Waals surface area contributed by atoms with Crippen LogP contribution in [0.1, 0.15) is 55.8 Å². The van der Waals surface area contributed by atoms with Gasteiger partial charge in [0.2, 0.25) is 0 Å². The molecule has 0 aliphatic heterocycles. The summed E-state index contributed by atoms with van der Waals surface area (Å²) in [5.74, 6) is -1.08. The summed E-state index contributed by atoms with van der Waals surface area (Å²) in [6.07, 6.45) is 6.08. The minimum absolute atomic E-state index is 0.0500. The van der Waals surface area contributed by atoms with E-state index in [2.05, 4.69) is 12.2 Å². The van der Waals surface area contributed by atoms with Gasteiger partial charge in [0.1, 0.15) is 0 Å². The number of anilines is 1. The number of rotatable bonds is 9. The molecule has 1 aromatic carbocycles. The van der Waals surface area contributed by atoms with E-state index in [0.717, 1.165) is 19.3 Å². The molecule has 1 amide bonds. The van der Waals surface area contributed by atoms with Crippen LogP contribution in [0.5, 0.6) is 0 Å². The van der Waals surface area contributed by atoms with Gasteiger partial charge in [-0.05, 0) is 18.6 Å². The second-order valence-electron chi connectivity index (χ2n) is 4.88. The van der Waals surface area contributed by atoms with Gasteiger partial charge in [-0.25, -0.2) is 9.59 Å². The number of ether oxygens (including phenoxy) is 1. The van der Waals surface area contributed by atoms with E-state index in [1.54, 1.807) is 12.1 Å². The van der Waals surface area contributed by atoms with Crippen LogP contribution in [-0.2, 0) is 4.74 Å². The number of unbranched alkanes of at least 4 members (excludes halogenated alkanes) is 5. The molecule has 0 fully saturated rings. The van der Waals surface area contributed by atoms with E-state index in [1.807, 2.05) is 0 Å². The molecule has 0 spiro atoms. The highest BCUT2D eigenvalue weighted by Gasteiger charge is 2.11. The van der Waals surface area contributed by atoms with Crippen molar-refractivity contribution in [1.82, 2.24) is 0 Å². The molecule has 5 heteroatoms. The van der Waals surface area contributed by atoms with Crippen molar-refractivity contribution in [2.75, 3.05) is 11.9 Å². The first-order chi connectivity index (χ1) is 10.1. The lowest BCUT2D eigenvalue weighted by Crippen LogP contribution is -2.16. The maximum Gasteiger partial charge on any atom is 0.411 e. The van der Waals surface area contributed by atoms with Crippen LogP contribution >= 0.6 is 0 Å². The van der Waals surface area contributed by atoms with Gasteiger partial charge in [0.25, 0.3) is 0 Å². The van der Waals surface area contributed by atoms with Crippen LogP contribution in [0.15, 0.2) is 24.3 Å². The summed E-state index contributed by atoms with van der Waals surface area (Å²) in [4.78, 5) is 22.6. The van der Waals surface area contributed by atoms with E-state index in [9.17, 15) is 9.59 Å². The summed E-state index contributed by atoms with van der Waals surface area (Å²) in [5, 5.41) is 11.5. The zero-order valence-electron chi connectivity index (χ0n) is 12.4. The first-order valence-corrected chi connectivity index (χ1v) is 7.41. The minimum atomic E-state index is -1.08. The molecule has 0 unspecified atom stereocenters. The van der Waals surface area contributed by atoms with Crippen molar-refractivity contribution in [2.45, 2.75) is 45.4 Å². The molecule has 1 aromatic rings. The van der Waals surface area contributed by atoms with Crippen molar-refractivity contribution in [2.24, 2.45) is 0 Å². The Morgan fingerprint density at radius 1 is 1.10 bits per heavy atom. The fourth-order valence-electron chi connectivity index (χ4n) is 1.97. The lowest BCUT2D eigenvalue weighted by Gasteiger charge is -2.09. The third kappa shape index (κ3) is 6.79. The predicted molar refractivity (Wildman–Crippen MR) is 81.7 cm³/mol. The molecule has 21 heavy (non-hydrogen) atoms. The maximum absolute atomic E-state index is 11.6. The summed E-state index contributed by atoms with van der Waals surface area (Å²) in [5.41, 5.74) is 0.298. The Morgan fingerprint density at radius 3 is 2.48 bits per heavy atom. The third-order valence-electron chi connectivity index (χ3n) is 3.13. The normalized spacial score (nSPS) is 10.1. The zero-order chi connectivity index (χ0) is 15.5. The van der Waals surface area contributed by atoms with Crippen LogP contribution in [0.25, 0.3) is 0 Å². The molecule has 2 N–H and O–H groups in total. The number of nitrogens with one attached hydrogen (secondary N) is 1. The molecule has 116 valence electrons. The average molecular weight is 293 g/mol. The Hall–Kier alpha value is -2.04. The molecule has 0 heterocycles. The lowest BCUT2D eigenvalue weighted by molar-refractivity contribution is 0.0698. The molecule has 0 aromatic heterocycles. The molecule has 0 atom stereocenters. The molecular weight excluding hydrogens is 270 g/mol. The van der Waals surface area contributed by atoms with Gasteiger partial charge in [0, 0.05) is 0 Å². The van der Waals surface area contributed by atoms with Gasteiger partial charge >= 0.3 is 12.1 Å². The van der Waals surface area contributed by atoms with Crippen molar-refractivity contribution in [1.29, 1.82) is 0 Å². The summed E-state index contributed by atoms with van der Waals surface area (Å²) in [7, 11) is 0. The maximum atomic E-state index is 11.6. The van der Waals surface area contributed by atoms with Crippen molar-refractivity contribution >= 4 is 17.7 Å². The number of carbonyl (C=O) groups excluding carboxylic acids is 1. The SMILES string of the molecule is CCCCCCCCOC(=O)Nc1ccccc1C(=O)O. The Bertz CT molecular complexity index is 459. The van der Waals surface area contributed by atoms with Gasteiger partial charge < -0.3 is 9.84 Å². The molecule has 0 bridgehead atoms. The van der Waals surface area contributed by atoms with Gasteiger partial charge in [0.15, 0.2) is 0 Å². The highest BCUT2D eigenvalue weighted by molar-refractivity contribution is 5.98. The van der Waals surface area contributed by atoms with E-state index < -0.39 is 12.1 Å². The van der Waals surface area contributed by atoms with Crippen molar-refractivity contribution in [3.8, 4) is 0 Å². The molecule has 0 radical (unpaired) electrons. The van der Waals surface area contributed by atoms with E-state index in [-0.39, 0.29) is 11.3 Å². The van der Waals surface area contributed by atoms with Crippen molar-refractivity contribution in [3.63, 3.8) is 0 Å². The molecule has 0 saturated carbocycles. The fourth-order valence-corrected chi connectivity index (χ4v) is 1.97. The predicted octanol–water partition coefficient (Wildman–Crippen LogP) is 4.29. The Balaban J connectivity index is 2.27. The second-order valence-corrected chi connectivity index (χ2v) is 4.88. The minimum Gasteiger partial charge on any atom is -0.478 e. The first kappa shape index (κ1) is 17.0. The number of benzene rings is 1. The molecule has 0 saturated heterocycles. The number of aromatic carboxylic acids is 1. The first-order valence-electron chi connectivity index (χ1n) is 7.41. The Labute approximate surface area is 125 Å². The topological polar surface area (TPSA) is 75.6 Å². The van der Waals surface area contributed by atoms with Crippen LogP contribution in [0.3, 0.4) is 0 Å². The Kier molecular flexibility index (Phi) is 7.94. The quantitative estimate of drug-likeness (QED) is 0.666. The highest BCUT2D eigenvalue weighted by Crippen LogP contribution is 2.15. The number of hydrogen-bond acceptors (Lipinski definition) is 3. The zero-order valence-corrected chi connectivity index (χ0v) is 12.4. The largest absolute Gasteiger partial charge is 0.478 e. The molecule has 1 rings (SSSR count). The number of amides is 1. The molecule has 0 aliphatic carbocycles. The van der Waals surface area contributed by atoms with Crippen LogP contribution in [-0.4, -0.2) is 23.8 Å². The van der Waals surface area contributed by atoms with Gasteiger partial charge in [-0.15, -0.1) is 0 Å². The van der Waals surface area contributed by atoms with Gasteiger partial charge in [-0.1, -0.05) is 51.2 Å². The van der Waals surface area contributed by atoms with Crippen molar-refractivity contribution in [3.05, 3.63) is 29.8 Å². The van der Waals surface area contributed by atoms with E-state index in [1.165, 1.54) is 31.4 Å². The highest BCUT2D eigenvalue weighted by atomic mass is 16.5. The van der Waals surface area contributed by atoms with Crippen LogP contribution < -0.4 is 5.32 Å². The van der Waals surface area contributed by atoms with Crippen LogP contribution in [0, 0.1) is 0 Å². The fraction of sp³-hybridized carbons (Fsp3) is 0.500. The number of para-hydroxylation sites is 1. The van der Waals surface area contributed by atoms with Gasteiger partial charge in [-0.3, -0.25) is 5.32 Å². The van der Waals surface area contributed by atoms with E-state index in [4.69, 9.17) is 9.84 Å². The molecular formula is C16H23NO4. The molecule has 0 aliphatic rings. The number of carboxylic acids is 1. The van der Waals surface area contributed by atoms with E-state index in [0.29, 0.717) is 6.61 Å². The van der Waals surface area contributed by atoms with E-state index >= 15 is 0 Å². The summed E-state index contributed by atoms with van der Waals surface area (Å²) in [6.45, 7) is 2.52. The second kappa shape index (κ2) is 9.80. The third-order valence-corrected chi connectivity index (χ3v) is 3.13. The smallest absolute Gasteiger partial charge is 0.411 e. The lowest BCUT2D eigenvalue weighted by atomic mass is 10.1. The number of carboxylic acid groups (broad SMARTS) is 1. The number of carbonyl (C=O) groups is 2. The summed E-state index contributed by atoms with van der Waals surface area (Å²) < 4.78 is 5.04. The molecule has 5 nitrogen and oxygen atoms in total. The monoisotopic (exact) mass is 293 g/mol. The van der Waals surface area contributed by atoms with Crippen LogP contribution in [0.2, 0.25) is 0 Å². The Morgan fingerprint density at radius 2 is 1.76 bits per heavy atom. The standard InChI is InChI=1S/C16H23NO4/c1-2-3-4-5-6-9-12-21-16(20)17-14-11-8-7-10-13(14)15(18)19/h7-8,10-11H,2-6,9,12H2,1H3,(H,17,20)(H,18,19). The average Bonchev–Trinajstić information content (AvgIpc) is 2.46. The van der Waals surface area contributed by atoms with Crippen molar-refractivity contribution < 1.29 is 19.4 Å². The van der Waals surface area contributed by atoms with Gasteiger partial charge in [-0.2, -0.15) is 0 Å². The van der Waals surface area contributed by atoms with Crippen LogP contribution in [0.4, 0.5) is 10.5 Å². The van der Waals surface area contributed by atoms with Gasteiger partial charge in [0.05, 0.1) is 17.9 Å². The number of hydrogen-bond donors (Lipinski definition) is 2. The summed E-state index contributed by atoms with van der Waals surface area (Å²) >= 11 is 0.